The second-order valence-corrected chi connectivity index (χ2v) is 9.64. The van der Waals surface area contributed by atoms with Gasteiger partial charge in [0.25, 0.3) is 16.8 Å². The third kappa shape index (κ3) is 5.44. The zero-order chi connectivity index (χ0) is 22.7. The number of imide groups is 1. The van der Waals surface area contributed by atoms with Crippen LogP contribution in [0.5, 0.6) is 5.75 Å². The summed E-state index contributed by atoms with van der Waals surface area (Å²) in [6, 6.07) is 8.81. The number of nitro groups is 1. The van der Waals surface area contributed by atoms with Crippen LogP contribution in [0.4, 0.5) is 10.5 Å². The highest BCUT2D eigenvalue weighted by molar-refractivity contribution is 14.1. The Hall–Kier alpha value is -2.00. The van der Waals surface area contributed by atoms with Gasteiger partial charge in [0.15, 0.2) is 5.78 Å². The van der Waals surface area contributed by atoms with Crippen molar-refractivity contribution in [2.75, 3.05) is 13.2 Å². The first-order valence-electron chi connectivity index (χ1n) is 8.86. The van der Waals surface area contributed by atoms with Gasteiger partial charge < -0.3 is 4.74 Å². The van der Waals surface area contributed by atoms with Crippen molar-refractivity contribution in [2.45, 2.75) is 6.92 Å². The summed E-state index contributed by atoms with van der Waals surface area (Å²) < 4.78 is 7.52. The molecular weight excluding hydrogens is 650 g/mol. The van der Waals surface area contributed by atoms with Gasteiger partial charge in [-0.05, 0) is 94.2 Å². The third-order valence-corrected chi connectivity index (χ3v) is 6.52. The van der Waals surface area contributed by atoms with E-state index < -0.39 is 28.4 Å². The van der Waals surface area contributed by atoms with Crippen molar-refractivity contribution in [1.82, 2.24) is 4.90 Å². The molecule has 0 spiro atoms. The second-order valence-electron chi connectivity index (χ2n) is 6.23. The van der Waals surface area contributed by atoms with Crippen molar-refractivity contribution in [3.8, 4) is 5.75 Å². The molecule has 0 aromatic heterocycles. The molecule has 31 heavy (non-hydrogen) atoms. The molecule has 0 radical (unpaired) electrons. The number of carbonyl (C=O) groups is 3. The third-order valence-electron chi connectivity index (χ3n) is 4.19. The number of amides is 2. The summed E-state index contributed by atoms with van der Waals surface area (Å²) in [5, 5.41) is 10.2. The maximum atomic E-state index is 12.8. The van der Waals surface area contributed by atoms with Crippen LogP contribution < -0.4 is 4.74 Å². The lowest BCUT2D eigenvalue weighted by Gasteiger charge is -2.12. The Balaban J connectivity index is 1.83. The number of nitro benzene ring substituents is 1. The van der Waals surface area contributed by atoms with E-state index in [4.69, 9.17) is 4.74 Å². The van der Waals surface area contributed by atoms with Gasteiger partial charge in [-0.15, -0.1) is 0 Å². The Morgan fingerprint density at radius 1 is 1.23 bits per heavy atom. The Kier molecular flexibility index (Phi) is 7.69. The van der Waals surface area contributed by atoms with Gasteiger partial charge >= 0.3 is 0 Å². The molecule has 2 aromatic rings. The molecule has 0 bridgehead atoms. The highest BCUT2D eigenvalue weighted by Crippen LogP contribution is 2.36. The maximum absolute atomic E-state index is 12.8. The van der Waals surface area contributed by atoms with Gasteiger partial charge in [-0.3, -0.25) is 29.4 Å². The molecule has 8 nitrogen and oxygen atoms in total. The quantitative estimate of drug-likeness (QED) is 0.133. The number of carbonyl (C=O) groups excluding carboxylic acids is 3. The minimum atomic E-state index is -0.571. The minimum Gasteiger partial charge on any atom is -0.492 e. The summed E-state index contributed by atoms with van der Waals surface area (Å²) in [6.45, 7) is 1.86. The number of halogens is 2. The van der Waals surface area contributed by atoms with E-state index >= 15 is 0 Å². The smallest absolute Gasteiger partial charge is 0.293 e. The van der Waals surface area contributed by atoms with Crippen LogP contribution in [0, 0.1) is 17.3 Å². The van der Waals surface area contributed by atoms with Crippen molar-refractivity contribution in [3.05, 3.63) is 69.7 Å². The average molecular weight is 664 g/mol. The van der Waals surface area contributed by atoms with E-state index in [1.165, 1.54) is 24.3 Å². The lowest BCUT2D eigenvalue weighted by Crippen LogP contribution is -2.33. The van der Waals surface area contributed by atoms with Gasteiger partial charge in [-0.1, -0.05) is 0 Å². The zero-order valence-electron chi connectivity index (χ0n) is 16.0. The molecule has 1 heterocycles. The summed E-state index contributed by atoms with van der Waals surface area (Å²) in [6.07, 6.45) is 1.59. The number of ketones is 1. The predicted octanol–water partition coefficient (Wildman–Crippen LogP) is 5.12. The molecule has 0 atom stereocenters. The van der Waals surface area contributed by atoms with Crippen LogP contribution in [0.15, 0.2) is 41.3 Å². The summed E-state index contributed by atoms with van der Waals surface area (Å²) >= 11 is 5.06. The van der Waals surface area contributed by atoms with Gasteiger partial charge in [-0.2, -0.15) is 0 Å². The van der Waals surface area contributed by atoms with E-state index in [1.54, 1.807) is 6.08 Å². The molecule has 3 rings (SSSR count). The van der Waals surface area contributed by atoms with E-state index in [9.17, 15) is 24.5 Å². The molecule has 11 heteroatoms. The highest BCUT2D eigenvalue weighted by atomic mass is 127. The number of benzene rings is 2. The van der Waals surface area contributed by atoms with Crippen LogP contribution in [0.3, 0.4) is 0 Å². The van der Waals surface area contributed by atoms with Crippen LogP contribution in [0.25, 0.3) is 6.08 Å². The molecule has 0 N–H and O–H groups in total. The van der Waals surface area contributed by atoms with E-state index in [0.29, 0.717) is 17.9 Å². The SMILES string of the molecule is CCOc1c(I)cc(I)cc1/C=C1/SC(=O)N(CC(=O)c2ccc([N+](=O)[O-])cc2)C1=O. The Morgan fingerprint density at radius 2 is 1.90 bits per heavy atom. The number of Topliss-reactive ketones (excluding diaryl/α,β-unsaturated/α-hetero) is 1. The molecule has 0 aliphatic carbocycles. The van der Waals surface area contributed by atoms with Gasteiger partial charge in [-0.25, -0.2) is 0 Å². The number of hydrogen-bond donors (Lipinski definition) is 0. The molecule has 1 saturated heterocycles. The number of hydrogen-bond acceptors (Lipinski definition) is 7. The molecule has 2 aromatic carbocycles. The summed E-state index contributed by atoms with van der Waals surface area (Å²) in [5.41, 5.74) is 0.702. The largest absolute Gasteiger partial charge is 0.492 e. The molecule has 2 amide bonds. The maximum Gasteiger partial charge on any atom is 0.293 e. The van der Waals surface area contributed by atoms with Crippen molar-refractivity contribution >= 4 is 85.6 Å². The first-order valence-corrected chi connectivity index (χ1v) is 11.8. The van der Waals surface area contributed by atoms with E-state index in [2.05, 4.69) is 45.2 Å². The van der Waals surface area contributed by atoms with Gasteiger partial charge in [0.2, 0.25) is 0 Å². The molecule has 0 saturated carbocycles. The first-order chi connectivity index (χ1) is 14.7. The monoisotopic (exact) mass is 664 g/mol. The summed E-state index contributed by atoms with van der Waals surface area (Å²) in [5.74, 6) is -0.434. The standard InChI is InChI=1S/C20H14I2N2O6S/c1-2-30-18-12(7-13(21)9-15(18)22)8-17-19(26)23(20(27)31-17)10-16(25)11-3-5-14(6-4-11)24(28)29/h3-9H,2,10H2,1H3/b17-8+. The number of rotatable bonds is 7. The van der Waals surface area contributed by atoms with E-state index in [1.807, 2.05) is 19.1 Å². The number of nitrogens with zero attached hydrogens (tertiary/aromatic N) is 2. The first kappa shape index (κ1) is 23.7. The van der Waals surface area contributed by atoms with E-state index in [-0.39, 0.29) is 16.2 Å². The highest BCUT2D eigenvalue weighted by Gasteiger charge is 2.36. The van der Waals surface area contributed by atoms with Gasteiger partial charge in [0.05, 0.1) is 26.6 Å². The van der Waals surface area contributed by atoms with Crippen molar-refractivity contribution in [1.29, 1.82) is 0 Å². The second kappa shape index (κ2) is 10.1. The predicted molar refractivity (Wildman–Crippen MR) is 133 cm³/mol. The zero-order valence-corrected chi connectivity index (χ0v) is 21.1. The average Bonchev–Trinajstić information content (AvgIpc) is 2.98. The minimum absolute atomic E-state index is 0.150. The number of ether oxygens (including phenoxy) is 1. The summed E-state index contributed by atoms with van der Waals surface area (Å²) in [4.78, 5) is 48.9. The van der Waals surface area contributed by atoms with Crippen molar-refractivity contribution < 1.29 is 24.0 Å². The van der Waals surface area contributed by atoms with Crippen LogP contribution in [-0.4, -0.2) is 39.9 Å². The fourth-order valence-electron chi connectivity index (χ4n) is 2.77. The van der Waals surface area contributed by atoms with Crippen molar-refractivity contribution in [3.63, 3.8) is 0 Å². The Labute approximate surface area is 208 Å². The van der Waals surface area contributed by atoms with Crippen LogP contribution in [-0.2, 0) is 4.79 Å². The van der Waals surface area contributed by atoms with Gasteiger partial charge in [0, 0.05) is 26.8 Å². The Bertz CT molecular complexity index is 1120. The van der Waals surface area contributed by atoms with Crippen LogP contribution >= 0.6 is 56.9 Å². The Morgan fingerprint density at radius 3 is 2.52 bits per heavy atom. The number of non-ortho nitro benzene ring substituents is 1. The molecular formula is C20H14I2N2O6S. The molecule has 0 unspecified atom stereocenters. The molecule has 160 valence electrons. The van der Waals surface area contributed by atoms with Crippen LogP contribution in [0.1, 0.15) is 22.8 Å². The molecule has 1 fully saturated rings. The topological polar surface area (TPSA) is 107 Å². The lowest BCUT2D eigenvalue weighted by atomic mass is 10.1. The molecule has 1 aliphatic rings. The van der Waals surface area contributed by atoms with Gasteiger partial charge in [0.1, 0.15) is 5.75 Å². The molecule has 1 aliphatic heterocycles. The van der Waals surface area contributed by atoms with Crippen LogP contribution in [0.2, 0.25) is 0 Å². The normalized spacial score (nSPS) is 14.9. The lowest BCUT2D eigenvalue weighted by molar-refractivity contribution is -0.384. The summed E-state index contributed by atoms with van der Waals surface area (Å²) in [7, 11) is 0. The fourth-order valence-corrected chi connectivity index (χ4v) is 5.64. The fraction of sp³-hybridized carbons (Fsp3) is 0.150. The van der Waals surface area contributed by atoms with Crippen molar-refractivity contribution in [2.24, 2.45) is 0 Å². The van der Waals surface area contributed by atoms with E-state index in [0.717, 1.165) is 23.8 Å². The number of thioether (sulfide) groups is 1.